The molecule has 0 atom stereocenters. The predicted molar refractivity (Wildman–Crippen MR) is 107 cm³/mol. The summed E-state index contributed by atoms with van der Waals surface area (Å²) in [5.41, 5.74) is -5.35. The van der Waals surface area contributed by atoms with Gasteiger partial charge in [0.1, 0.15) is 17.1 Å². The average Bonchev–Trinajstić information content (AvgIpc) is 3.07. The molecule has 31 heavy (non-hydrogen) atoms. The maximum absolute atomic E-state index is 12.5. The van der Waals surface area contributed by atoms with Gasteiger partial charge in [-0.1, -0.05) is 6.07 Å². The van der Waals surface area contributed by atoms with Gasteiger partial charge < -0.3 is 14.5 Å². The first-order valence-corrected chi connectivity index (χ1v) is 11.0. The number of hydrogen-bond acceptors (Lipinski definition) is 6. The summed E-state index contributed by atoms with van der Waals surface area (Å²) in [6.45, 7) is 6.73. The second-order valence-corrected chi connectivity index (χ2v) is 9.83. The Hall–Kier alpha value is -2.54. The van der Waals surface area contributed by atoms with Gasteiger partial charge in [0.15, 0.2) is 0 Å². The number of halogens is 3. The van der Waals surface area contributed by atoms with E-state index in [0.29, 0.717) is 31.8 Å². The summed E-state index contributed by atoms with van der Waals surface area (Å²) in [4.78, 5) is 20.1. The third-order valence-corrected chi connectivity index (χ3v) is 5.66. The van der Waals surface area contributed by atoms with Crippen LogP contribution >= 0.6 is 0 Å². The van der Waals surface area contributed by atoms with E-state index in [0.717, 1.165) is 5.82 Å². The van der Waals surface area contributed by atoms with Crippen LogP contribution in [0.4, 0.5) is 23.8 Å². The average molecular weight is 463 g/mol. The standard InChI is InChI=1S/C18H24F3N5O4S/c1-17(2,3)30-16(27)25-9-7-24(8-10-25)15-6-4-5-14-23-13(12-26(14)15)11-22-31(28,29)18(19,20)21/h4-6,12,22H,7-11H2,1-3H3. The Kier molecular flexibility index (Phi) is 6.11. The minimum Gasteiger partial charge on any atom is -0.444 e. The number of carbonyl (C=O) groups excluding carboxylic acids is 1. The quantitative estimate of drug-likeness (QED) is 0.748. The maximum Gasteiger partial charge on any atom is 0.511 e. The fraction of sp³-hybridized carbons (Fsp3) is 0.556. The van der Waals surface area contributed by atoms with Gasteiger partial charge in [0.25, 0.3) is 0 Å². The number of anilines is 1. The van der Waals surface area contributed by atoms with Gasteiger partial charge in [0, 0.05) is 32.4 Å². The van der Waals surface area contributed by atoms with Crippen LogP contribution in [0.3, 0.4) is 0 Å². The number of nitrogens with one attached hydrogen (secondary N) is 1. The summed E-state index contributed by atoms with van der Waals surface area (Å²) in [5, 5.41) is 0. The summed E-state index contributed by atoms with van der Waals surface area (Å²) in [6.07, 6.45) is 1.11. The number of fused-ring (bicyclic) bond motifs is 1. The number of aromatic nitrogens is 2. The number of alkyl halides is 3. The molecule has 172 valence electrons. The molecule has 3 heterocycles. The van der Waals surface area contributed by atoms with E-state index in [2.05, 4.69) is 4.98 Å². The number of imidazole rings is 1. The van der Waals surface area contributed by atoms with Crippen molar-refractivity contribution in [1.82, 2.24) is 19.0 Å². The van der Waals surface area contributed by atoms with Crippen LogP contribution in [-0.4, -0.2) is 66.1 Å². The molecule has 9 nitrogen and oxygen atoms in total. The van der Waals surface area contributed by atoms with Gasteiger partial charge in [-0.3, -0.25) is 4.40 Å². The third kappa shape index (κ3) is 5.39. The minimum atomic E-state index is -5.45. The molecule has 0 spiro atoms. The van der Waals surface area contributed by atoms with Crippen molar-refractivity contribution in [3.63, 3.8) is 0 Å². The van der Waals surface area contributed by atoms with Crippen LogP contribution in [-0.2, 0) is 21.3 Å². The Morgan fingerprint density at radius 2 is 1.81 bits per heavy atom. The second-order valence-electron chi connectivity index (χ2n) is 8.07. The molecule has 0 aromatic carbocycles. The zero-order valence-corrected chi connectivity index (χ0v) is 18.1. The van der Waals surface area contributed by atoms with Crippen molar-refractivity contribution in [3.8, 4) is 0 Å². The lowest BCUT2D eigenvalue weighted by molar-refractivity contribution is -0.0448. The van der Waals surface area contributed by atoms with Crippen molar-refractivity contribution in [2.24, 2.45) is 0 Å². The molecule has 3 rings (SSSR count). The van der Waals surface area contributed by atoms with Crippen LogP contribution < -0.4 is 9.62 Å². The van der Waals surface area contributed by atoms with E-state index in [1.165, 1.54) is 10.9 Å². The number of sulfonamides is 1. The van der Waals surface area contributed by atoms with Crippen LogP contribution in [0.2, 0.25) is 0 Å². The van der Waals surface area contributed by atoms with E-state index in [-0.39, 0.29) is 11.8 Å². The van der Waals surface area contributed by atoms with Crippen LogP contribution in [0.15, 0.2) is 24.4 Å². The Bertz CT molecular complexity index is 1050. The summed E-state index contributed by atoms with van der Waals surface area (Å²) in [5.74, 6) is 0.735. The summed E-state index contributed by atoms with van der Waals surface area (Å²) in [6, 6.07) is 5.24. The smallest absolute Gasteiger partial charge is 0.444 e. The molecule has 1 N–H and O–H groups in total. The van der Waals surface area contributed by atoms with E-state index in [4.69, 9.17) is 4.74 Å². The van der Waals surface area contributed by atoms with Crippen LogP contribution in [0.5, 0.6) is 0 Å². The Morgan fingerprint density at radius 1 is 1.16 bits per heavy atom. The normalized spacial score (nSPS) is 16.1. The molecule has 1 amide bonds. The van der Waals surface area contributed by atoms with Gasteiger partial charge in [0.2, 0.25) is 0 Å². The van der Waals surface area contributed by atoms with Crippen LogP contribution in [0.25, 0.3) is 5.65 Å². The van der Waals surface area contributed by atoms with Crippen molar-refractivity contribution in [2.75, 3.05) is 31.1 Å². The largest absolute Gasteiger partial charge is 0.511 e. The minimum absolute atomic E-state index is 0.146. The van der Waals surface area contributed by atoms with E-state index >= 15 is 0 Å². The maximum atomic E-state index is 12.5. The fourth-order valence-corrected chi connectivity index (χ4v) is 3.59. The number of hydrogen-bond donors (Lipinski definition) is 1. The Labute approximate surface area is 177 Å². The molecule has 0 radical (unpaired) electrons. The zero-order valence-electron chi connectivity index (χ0n) is 17.3. The fourth-order valence-electron chi connectivity index (χ4n) is 3.08. The van der Waals surface area contributed by atoms with Crippen molar-refractivity contribution in [1.29, 1.82) is 0 Å². The topological polar surface area (TPSA) is 96.2 Å². The molecule has 1 fully saturated rings. The molecule has 13 heteroatoms. The van der Waals surface area contributed by atoms with Crippen molar-refractivity contribution in [3.05, 3.63) is 30.1 Å². The molecule has 0 aliphatic carbocycles. The first kappa shape index (κ1) is 23.1. The first-order valence-electron chi connectivity index (χ1n) is 9.53. The van der Waals surface area contributed by atoms with Gasteiger partial charge in [-0.15, -0.1) is 0 Å². The van der Waals surface area contributed by atoms with Gasteiger partial charge >= 0.3 is 21.6 Å². The van der Waals surface area contributed by atoms with Crippen molar-refractivity contribution < 1.29 is 31.1 Å². The number of nitrogens with zero attached hydrogens (tertiary/aromatic N) is 4. The molecule has 2 aromatic rings. The van der Waals surface area contributed by atoms with Gasteiger partial charge in [-0.2, -0.15) is 13.2 Å². The second kappa shape index (κ2) is 8.19. The number of piperazine rings is 1. The lowest BCUT2D eigenvalue weighted by Gasteiger charge is -2.36. The summed E-state index contributed by atoms with van der Waals surface area (Å²) >= 11 is 0. The summed E-state index contributed by atoms with van der Waals surface area (Å²) in [7, 11) is -5.45. The molecule has 1 saturated heterocycles. The number of ether oxygens (including phenoxy) is 1. The highest BCUT2D eigenvalue weighted by molar-refractivity contribution is 7.90. The van der Waals surface area contributed by atoms with Crippen LogP contribution in [0, 0.1) is 0 Å². The lowest BCUT2D eigenvalue weighted by Crippen LogP contribution is -2.50. The number of carbonyl (C=O) groups is 1. The first-order chi connectivity index (χ1) is 14.3. The lowest BCUT2D eigenvalue weighted by atomic mass is 10.2. The molecule has 2 aromatic heterocycles. The number of pyridine rings is 1. The highest BCUT2D eigenvalue weighted by atomic mass is 32.2. The molecular formula is C18H24F3N5O4S. The molecule has 1 aliphatic heterocycles. The summed E-state index contributed by atoms with van der Waals surface area (Å²) < 4.78 is 68.5. The van der Waals surface area contributed by atoms with Crippen molar-refractivity contribution in [2.45, 2.75) is 38.4 Å². The third-order valence-electron chi connectivity index (χ3n) is 4.52. The Morgan fingerprint density at radius 3 is 2.39 bits per heavy atom. The SMILES string of the molecule is CC(C)(C)OC(=O)N1CCN(c2cccc3nc(CNS(=O)(=O)C(F)(F)F)cn23)CC1. The molecule has 0 bridgehead atoms. The molecule has 1 aliphatic rings. The van der Waals surface area contributed by atoms with E-state index in [1.807, 2.05) is 11.0 Å². The van der Waals surface area contributed by atoms with Crippen molar-refractivity contribution >= 4 is 27.6 Å². The zero-order chi connectivity index (χ0) is 23.0. The molecular weight excluding hydrogens is 439 g/mol. The molecule has 0 unspecified atom stereocenters. The van der Waals surface area contributed by atoms with Gasteiger partial charge in [-0.25, -0.2) is 22.9 Å². The number of rotatable bonds is 4. The van der Waals surface area contributed by atoms with Crippen LogP contribution in [0.1, 0.15) is 26.5 Å². The highest BCUT2D eigenvalue weighted by Gasteiger charge is 2.45. The molecule has 0 saturated carbocycles. The van der Waals surface area contributed by atoms with E-state index in [1.54, 1.807) is 42.2 Å². The monoisotopic (exact) mass is 463 g/mol. The highest BCUT2D eigenvalue weighted by Crippen LogP contribution is 2.23. The number of amides is 1. The van der Waals surface area contributed by atoms with E-state index < -0.39 is 27.7 Å². The Balaban J connectivity index is 1.71. The van der Waals surface area contributed by atoms with Gasteiger partial charge in [0.05, 0.1) is 12.2 Å². The van der Waals surface area contributed by atoms with Gasteiger partial charge in [-0.05, 0) is 32.9 Å². The predicted octanol–water partition coefficient (Wildman–Crippen LogP) is 2.33. The van der Waals surface area contributed by atoms with E-state index in [9.17, 15) is 26.4 Å².